The average Bonchev–Trinajstić information content (AvgIpc) is 2.94. The number of carbonyl (C=O) groups is 1. The molecule has 5 aliphatic rings. The van der Waals surface area contributed by atoms with Crippen molar-refractivity contribution >= 4 is 17.3 Å². The Labute approximate surface area is 141 Å². The lowest BCUT2D eigenvalue weighted by atomic mass is 9.61. The molecule has 4 fully saturated rings. The van der Waals surface area contributed by atoms with E-state index in [9.17, 15) is 9.90 Å². The lowest BCUT2D eigenvalue weighted by Crippen LogP contribution is -2.65. The summed E-state index contributed by atoms with van der Waals surface area (Å²) in [5.74, 6) is 0.853. The predicted molar refractivity (Wildman–Crippen MR) is 91.1 cm³/mol. The Balaban J connectivity index is 1.26. The van der Waals surface area contributed by atoms with Crippen LogP contribution in [0.3, 0.4) is 0 Å². The number of hydrazine groups is 2. The standard InChI is InChI=1S/C18H24N4O2/c23-17(5-6-21-16-4-2-1-3-15(16)19-20-21)22-13-7-12-8-14(22)11-18(24,9-12)10-13/h1-4,12-14,19-20,24H,5-11H2. The van der Waals surface area contributed by atoms with Crippen LogP contribution < -0.4 is 16.0 Å². The lowest BCUT2D eigenvalue weighted by molar-refractivity contribution is -0.174. The maximum atomic E-state index is 12.9. The van der Waals surface area contributed by atoms with Gasteiger partial charge in [-0.2, -0.15) is 0 Å². The summed E-state index contributed by atoms with van der Waals surface area (Å²) in [6.45, 7) is 0.645. The van der Waals surface area contributed by atoms with E-state index in [1.807, 2.05) is 29.3 Å². The number of fused-ring (bicyclic) bond motifs is 1. The minimum absolute atomic E-state index is 0.235. The van der Waals surface area contributed by atoms with Crippen LogP contribution in [0.25, 0.3) is 0 Å². The molecule has 2 aliphatic carbocycles. The van der Waals surface area contributed by atoms with Crippen molar-refractivity contribution in [3.63, 3.8) is 0 Å². The summed E-state index contributed by atoms with van der Waals surface area (Å²) in [6.07, 6.45) is 5.16. The number of hydrogen-bond donors (Lipinski definition) is 3. The van der Waals surface area contributed by atoms with Crippen molar-refractivity contribution in [1.29, 1.82) is 0 Å². The summed E-state index contributed by atoms with van der Waals surface area (Å²) in [5.41, 5.74) is 7.88. The van der Waals surface area contributed by atoms with Crippen LogP contribution in [0, 0.1) is 5.92 Å². The van der Waals surface area contributed by atoms with Crippen LogP contribution in [0.4, 0.5) is 11.4 Å². The molecule has 2 saturated carbocycles. The highest BCUT2D eigenvalue weighted by atomic mass is 16.3. The van der Waals surface area contributed by atoms with Gasteiger partial charge in [0.15, 0.2) is 0 Å². The first kappa shape index (κ1) is 14.5. The van der Waals surface area contributed by atoms with E-state index < -0.39 is 5.60 Å². The van der Waals surface area contributed by atoms with Crippen molar-refractivity contribution < 1.29 is 9.90 Å². The molecule has 3 aliphatic heterocycles. The zero-order chi connectivity index (χ0) is 16.3. The van der Waals surface area contributed by atoms with Crippen molar-refractivity contribution in [3.8, 4) is 0 Å². The molecule has 1 aromatic rings. The summed E-state index contributed by atoms with van der Waals surface area (Å²) in [6, 6.07) is 8.58. The fourth-order valence-electron chi connectivity index (χ4n) is 5.51. The highest BCUT2D eigenvalue weighted by molar-refractivity contribution is 5.79. The fourth-order valence-corrected chi connectivity index (χ4v) is 5.51. The normalized spacial score (nSPS) is 36.0. The minimum Gasteiger partial charge on any atom is -0.390 e. The average molecular weight is 328 g/mol. The number of para-hydroxylation sites is 2. The van der Waals surface area contributed by atoms with E-state index in [4.69, 9.17) is 0 Å². The van der Waals surface area contributed by atoms with Crippen LogP contribution in [0.1, 0.15) is 38.5 Å². The van der Waals surface area contributed by atoms with Gasteiger partial charge in [0.25, 0.3) is 0 Å². The summed E-state index contributed by atoms with van der Waals surface area (Å²) < 4.78 is 0. The molecule has 6 heteroatoms. The number of piperidine rings is 2. The van der Waals surface area contributed by atoms with Gasteiger partial charge in [-0.3, -0.25) is 9.80 Å². The van der Waals surface area contributed by atoms with Gasteiger partial charge in [-0.05, 0) is 50.2 Å². The Morgan fingerprint density at radius 3 is 2.71 bits per heavy atom. The molecule has 2 saturated heterocycles. The molecule has 24 heavy (non-hydrogen) atoms. The second kappa shape index (κ2) is 5.10. The van der Waals surface area contributed by atoms with E-state index in [0.29, 0.717) is 18.9 Å². The zero-order valence-electron chi connectivity index (χ0n) is 13.7. The summed E-state index contributed by atoms with van der Waals surface area (Å²) in [7, 11) is 0. The predicted octanol–water partition coefficient (Wildman–Crippen LogP) is 1.63. The lowest BCUT2D eigenvalue weighted by Gasteiger charge is -2.59. The molecular formula is C18H24N4O2. The van der Waals surface area contributed by atoms with E-state index in [1.54, 1.807) is 0 Å². The van der Waals surface area contributed by atoms with Gasteiger partial charge in [0.05, 0.1) is 17.0 Å². The van der Waals surface area contributed by atoms with Crippen LogP contribution in [-0.2, 0) is 4.79 Å². The van der Waals surface area contributed by atoms with Crippen LogP contribution in [-0.4, -0.2) is 40.1 Å². The molecule has 1 aromatic carbocycles. The number of rotatable bonds is 3. The van der Waals surface area contributed by atoms with Gasteiger partial charge in [-0.25, -0.2) is 0 Å². The largest absolute Gasteiger partial charge is 0.390 e. The molecule has 4 bridgehead atoms. The van der Waals surface area contributed by atoms with E-state index in [1.165, 1.54) is 0 Å². The van der Waals surface area contributed by atoms with Crippen molar-refractivity contribution in [2.75, 3.05) is 17.0 Å². The number of carbonyl (C=O) groups excluding carboxylic acids is 1. The van der Waals surface area contributed by atoms with Gasteiger partial charge >= 0.3 is 0 Å². The number of hydrogen-bond acceptors (Lipinski definition) is 5. The third-order valence-corrected chi connectivity index (χ3v) is 6.26. The third-order valence-electron chi connectivity index (χ3n) is 6.26. The Kier molecular flexibility index (Phi) is 3.09. The molecule has 0 aromatic heterocycles. The monoisotopic (exact) mass is 328 g/mol. The van der Waals surface area contributed by atoms with Gasteiger partial charge in [0.1, 0.15) is 0 Å². The topological polar surface area (TPSA) is 67.8 Å². The molecule has 0 spiro atoms. The Morgan fingerprint density at radius 2 is 1.96 bits per heavy atom. The van der Waals surface area contributed by atoms with Gasteiger partial charge < -0.3 is 15.4 Å². The summed E-state index contributed by atoms with van der Waals surface area (Å²) in [5, 5.41) is 12.6. The Bertz CT molecular complexity index is 663. The molecule has 6 nitrogen and oxygen atoms in total. The first-order valence-corrected chi connectivity index (χ1v) is 9.03. The molecule has 3 heterocycles. The Morgan fingerprint density at radius 1 is 1.21 bits per heavy atom. The quantitative estimate of drug-likeness (QED) is 0.787. The fraction of sp³-hybridized carbons (Fsp3) is 0.611. The number of anilines is 2. The molecule has 3 N–H and O–H groups in total. The van der Waals surface area contributed by atoms with Crippen molar-refractivity contribution in [2.45, 2.75) is 56.2 Å². The number of aliphatic hydroxyl groups is 1. The molecule has 6 rings (SSSR count). The van der Waals surface area contributed by atoms with Crippen LogP contribution in [0.15, 0.2) is 24.3 Å². The van der Waals surface area contributed by atoms with Crippen molar-refractivity contribution in [1.82, 2.24) is 10.4 Å². The number of benzene rings is 1. The van der Waals surface area contributed by atoms with Crippen LogP contribution >= 0.6 is 0 Å². The summed E-state index contributed by atoms with van der Waals surface area (Å²) in [4.78, 5) is 15.0. The van der Waals surface area contributed by atoms with E-state index in [0.717, 1.165) is 43.5 Å². The first-order valence-electron chi connectivity index (χ1n) is 9.03. The van der Waals surface area contributed by atoms with E-state index in [-0.39, 0.29) is 18.0 Å². The van der Waals surface area contributed by atoms with Crippen molar-refractivity contribution in [2.24, 2.45) is 5.92 Å². The van der Waals surface area contributed by atoms with E-state index in [2.05, 4.69) is 15.9 Å². The smallest absolute Gasteiger partial charge is 0.224 e. The van der Waals surface area contributed by atoms with Gasteiger partial charge in [-0.1, -0.05) is 12.1 Å². The second-order valence-electron chi connectivity index (χ2n) is 7.94. The second-order valence-corrected chi connectivity index (χ2v) is 7.94. The minimum atomic E-state index is -0.493. The molecule has 2 atom stereocenters. The van der Waals surface area contributed by atoms with Crippen LogP contribution in [0.5, 0.6) is 0 Å². The van der Waals surface area contributed by atoms with E-state index >= 15 is 0 Å². The Hall–Kier alpha value is -1.79. The maximum absolute atomic E-state index is 12.9. The van der Waals surface area contributed by atoms with Gasteiger partial charge in [-0.15, -0.1) is 5.53 Å². The first-order chi connectivity index (χ1) is 11.6. The third kappa shape index (κ3) is 2.20. The molecule has 2 unspecified atom stereocenters. The summed E-state index contributed by atoms with van der Waals surface area (Å²) >= 11 is 0. The SMILES string of the molecule is O=C(CCN1NNc2ccccc21)N1C2CC3CC1CC(O)(C3)C2. The highest BCUT2D eigenvalue weighted by Gasteiger charge is 2.54. The highest BCUT2D eigenvalue weighted by Crippen LogP contribution is 2.51. The molecule has 0 radical (unpaired) electrons. The zero-order valence-corrected chi connectivity index (χ0v) is 13.7. The molecule has 1 amide bonds. The van der Waals surface area contributed by atoms with Gasteiger partial charge in [0, 0.05) is 25.0 Å². The number of nitrogens with one attached hydrogen (secondary N) is 2. The van der Waals surface area contributed by atoms with Crippen LogP contribution in [0.2, 0.25) is 0 Å². The molecule has 128 valence electrons. The number of amides is 1. The van der Waals surface area contributed by atoms with Gasteiger partial charge in [0.2, 0.25) is 5.91 Å². The van der Waals surface area contributed by atoms with Crippen molar-refractivity contribution in [3.05, 3.63) is 24.3 Å². The number of nitrogens with zero attached hydrogens (tertiary/aromatic N) is 2. The maximum Gasteiger partial charge on any atom is 0.224 e. The molecular weight excluding hydrogens is 304 g/mol.